The zero-order valence-corrected chi connectivity index (χ0v) is 20.9. The van der Waals surface area contributed by atoms with Crippen LogP contribution in [-0.4, -0.2) is 33.9 Å². The second-order valence-corrected chi connectivity index (χ2v) is 9.91. The number of Topliss-reactive ketones (excluding diaryl/α,β-unsaturated/α-hetero) is 2. The van der Waals surface area contributed by atoms with E-state index >= 15 is 0 Å². The molecule has 3 atom stereocenters. The molecule has 1 heterocycles. The molecule has 33 heavy (non-hydrogen) atoms. The van der Waals surface area contributed by atoms with E-state index in [2.05, 4.69) is 0 Å². The Labute approximate surface area is 197 Å². The fraction of sp³-hybridized carbons (Fsp3) is 0.593. The highest BCUT2D eigenvalue weighted by molar-refractivity contribution is 6.25. The summed E-state index contributed by atoms with van der Waals surface area (Å²) in [5.41, 5.74) is 0.885. The monoisotopic (exact) mass is 458 g/mol. The lowest BCUT2D eigenvalue weighted by Gasteiger charge is -2.42. The highest BCUT2D eigenvalue weighted by Crippen LogP contribution is 2.51. The number of carboxylic acid groups (broad SMARTS) is 1. The van der Waals surface area contributed by atoms with E-state index in [0.717, 1.165) is 11.1 Å². The summed E-state index contributed by atoms with van der Waals surface area (Å²) in [6.45, 7) is 13.1. The van der Waals surface area contributed by atoms with Crippen LogP contribution in [0.25, 0.3) is 0 Å². The van der Waals surface area contributed by atoms with Crippen molar-refractivity contribution in [2.45, 2.75) is 86.7 Å². The van der Waals surface area contributed by atoms with Gasteiger partial charge in [0.25, 0.3) is 0 Å². The van der Waals surface area contributed by atoms with Crippen molar-refractivity contribution >= 4 is 17.5 Å². The van der Waals surface area contributed by atoms with Crippen molar-refractivity contribution in [3.8, 4) is 0 Å². The molecule has 0 spiro atoms. The molecule has 1 aliphatic heterocycles. The number of carboxylic acids is 1. The van der Waals surface area contributed by atoms with Gasteiger partial charge in [0.2, 0.25) is 0 Å². The van der Waals surface area contributed by atoms with Crippen LogP contribution in [0.5, 0.6) is 0 Å². The third-order valence-corrected chi connectivity index (χ3v) is 6.69. The SMILES string of the molecule is CCCC(CC(=O)O)C1=C(O)C(CC=C(C)C)(CC=C(C)C)C(=O)C2=C1OC(C)C(C)C2=O. The van der Waals surface area contributed by atoms with Crippen LogP contribution in [0, 0.1) is 17.3 Å². The molecule has 0 bridgehead atoms. The topological polar surface area (TPSA) is 101 Å². The summed E-state index contributed by atoms with van der Waals surface area (Å²) in [6.07, 6.45) is 4.67. The predicted octanol–water partition coefficient (Wildman–Crippen LogP) is 5.85. The van der Waals surface area contributed by atoms with Crippen molar-refractivity contribution in [3.05, 3.63) is 46.0 Å². The second kappa shape index (κ2) is 10.5. The van der Waals surface area contributed by atoms with Crippen molar-refractivity contribution in [3.63, 3.8) is 0 Å². The van der Waals surface area contributed by atoms with Gasteiger partial charge in [0, 0.05) is 11.5 Å². The van der Waals surface area contributed by atoms with Crippen LogP contribution in [0.4, 0.5) is 0 Å². The molecule has 0 aromatic rings. The Morgan fingerprint density at radius 2 is 1.64 bits per heavy atom. The largest absolute Gasteiger partial charge is 0.511 e. The van der Waals surface area contributed by atoms with E-state index < -0.39 is 35.1 Å². The number of aliphatic hydroxyl groups excluding tert-OH is 1. The van der Waals surface area contributed by atoms with E-state index in [1.54, 1.807) is 13.8 Å². The van der Waals surface area contributed by atoms with E-state index in [1.807, 2.05) is 46.8 Å². The Morgan fingerprint density at radius 1 is 1.09 bits per heavy atom. The number of aliphatic carboxylic acids is 1. The highest BCUT2D eigenvalue weighted by Gasteiger charge is 2.54. The first-order valence-electron chi connectivity index (χ1n) is 11.8. The van der Waals surface area contributed by atoms with Gasteiger partial charge >= 0.3 is 5.97 Å². The minimum absolute atomic E-state index is 0.0239. The van der Waals surface area contributed by atoms with Crippen molar-refractivity contribution < 1.29 is 29.3 Å². The Balaban J connectivity index is 2.91. The van der Waals surface area contributed by atoms with Gasteiger partial charge in [-0.05, 0) is 53.9 Å². The molecule has 0 aromatic carbocycles. The molecular formula is C27H38O6. The van der Waals surface area contributed by atoms with E-state index in [-0.39, 0.29) is 42.1 Å². The number of hydrogen-bond acceptors (Lipinski definition) is 5. The molecule has 0 radical (unpaired) electrons. The highest BCUT2D eigenvalue weighted by atomic mass is 16.5. The Morgan fingerprint density at radius 3 is 2.09 bits per heavy atom. The Bertz CT molecular complexity index is 918. The Kier molecular flexibility index (Phi) is 8.50. The maximum Gasteiger partial charge on any atom is 0.303 e. The van der Waals surface area contributed by atoms with Crippen LogP contribution in [0.3, 0.4) is 0 Å². The smallest absolute Gasteiger partial charge is 0.303 e. The molecule has 6 heteroatoms. The summed E-state index contributed by atoms with van der Waals surface area (Å²) in [4.78, 5) is 39.1. The number of ketones is 2. The molecule has 2 aliphatic rings. The third-order valence-electron chi connectivity index (χ3n) is 6.69. The zero-order valence-electron chi connectivity index (χ0n) is 20.9. The first-order chi connectivity index (χ1) is 15.4. The first kappa shape index (κ1) is 26.6. The molecule has 0 saturated heterocycles. The summed E-state index contributed by atoms with van der Waals surface area (Å²) in [5, 5.41) is 21.3. The van der Waals surface area contributed by atoms with Crippen LogP contribution in [0.2, 0.25) is 0 Å². The van der Waals surface area contributed by atoms with Gasteiger partial charge in [0.1, 0.15) is 23.2 Å². The van der Waals surface area contributed by atoms with Gasteiger partial charge in [-0.2, -0.15) is 0 Å². The van der Waals surface area contributed by atoms with Gasteiger partial charge in [-0.15, -0.1) is 0 Å². The zero-order chi connectivity index (χ0) is 25.1. The molecule has 2 rings (SSSR count). The van der Waals surface area contributed by atoms with Crippen LogP contribution in [-0.2, 0) is 19.1 Å². The number of rotatable bonds is 9. The van der Waals surface area contributed by atoms with Crippen LogP contribution >= 0.6 is 0 Å². The summed E-state index contributed by atoms with van der Waals surface area (Å²) < 4.78 is 6.08. The predicted molar refractivity (Wildman–Crippen MR) is 128 cm³/mol. The van der Waals surface area contributed by atoms with E-state index in [0.29, 0.717) is 18.4 Å². The summed E-state index contributed by atoms with van der Waals surface area (Å²) >= 11 is 0. The van der Waals surface area contributed by atoms with E-state index in [4.69, 9.17) is 4.74 Å². The molecule has 0 fully saturated rings. The number of carbonyl (C=O) groups excluding carboxylic acids is 2. The maximum absolute atomic E-state index is 14.0. The van der Waals surface area contributed by atoms with E-state index in [9.17, 15) is 24.6 Å². The summed E-state index contributed by atoms with van der Waals surface area (Å²) in [5.74, 6) is -2.91. The fourth-order valence-corrected chi connectivity index (χ4v) is 4.53. The van der Waals surface area contributed by atoms with Crippen LogP contribution < -0.4 is 0 Å². The van der Waals surface area contributed by atoms with Crippen molar-refractivity contribution in [1.29, 1.82) is 0 Å². The number of aliphatic hydroxyl groups is 1. The average molecular weight is 459 g/mol. The quantitative estimate of drug-likeness (QED) is 0.332. The molecule has 2 N–H and O–H groups in total. The van der Waals surface area contributed by atoms with Crippen molar-refractivity contribution in [1.82, 2.24) is 0 Å². The molecule has 0 saturated carbocycles. The molecule has 6 nitrogen and oxygen atoms in total. The minimum Gasteiger partial charge on any atom is -0.511 e. The number of ether oxygens (including phenoxy) is 1. The average Bonchev–Trinajstić information content (AvgIpc) is 2.71. The standard InChI is InChI=1S/C27H38O6/c1-8-9-19(14-20(28)29)21-24-22(23(30)17(6)18(7)33-24)26(32)27(25(21)31,12-10-15(2)3)13-11-16(4)5/h10-11,17-19,31H,8-9,12-14H2,1-7H3,(H,28,29). The maximum atomic E-state index is 14.0. The Hall–Kier alpha value is -2.63. The van der Waals surface area contributed by atoms with Crippen LogP contribution in [0.15, 0.2) is 46.0 Å². The number of carbonyl (C=O) groups is 3. The van der Waals surface area contributed by atoms with Gasteiger partial charge in [-0.1, -0.05) is 43.6 Å². The molecule has 0 aromatic heterocycles. The lowest BCUT2D eigenvalue weighted by atomic mass is 9.64. The minimum atomic E-state index is -1.37. The fourth-order valence-electron chi connectivity index (χ4n) is 4.53. The van der Waals surface area contributed by atoms with Gasteiger partial charge in [0.05, 0.1) is 17.8 Å². The first-order valence-corrected chi connectivity index (χ1v) is 11.8. The van der Waals surface area contributed by atoms with Gasteiger partial charge in [-0.3, -0.25) is 14.4 Å². The van der Waals surface area contributed by atoms with Gasteiger partial charge in [0.15, 0.2) is 11.6 Å². The molecular weight excluding hydrogens is 420 g/mol. The van der Waals surface area contributed by atoms with Crippen LogP contribution in [0.1, 0.15) is 80.6 Å². The molecule has 1 aliphatic carbocycles. The lowest BCUT2D eigenvalue weighted by Crippen LogP contribution is -2.47. The normalized spacial score (nSPS) is 23.0. The lowest BCUT2D eigenvalue weighted by molar-refractivity contribution is -0.137. The number of hydrogen-bond donors (Lipinski definition) is 2. The van der Waals surface area contributed by atoms with Crippen molar-refractivity contribution in [2.75, 3.05) is 0 Å². The van der Waals surface area contributed by atoms with Gasteiger partial charge in [-0.25, -0.2) is 0 Å². The number of allylic oxidation sites excluding steroid dienone is 7. The van der Waals surface area contributed by atoms with Crippen molar-refractivity contribution in [2.24, 2.45) is 17.3 Å². The van der Waals surface area contributed by atoms with E-state index in [1.165, 1.54) is 0 Å². The molecule has 0 amide bonds. The summed E-state index contributed by atoms with van der Waals surface area (Å²) in [7, 11) is 0. The second-order valence-electron chi connectivity index (χ2n) is 9.91. The molecule has 182 valence electrons. The third kappa shape index (κ3) is 5.31. The van der Waals surface area contributed by atoms with Gasteiger partial charge < -0.3 is 14.9 Å². The summed E-state index contributed by atoms with van der Waals surface area (Å²) in [6, 6.07) is 0. The molecule has 3 unspecified atom stereocenters.